The Hall–Kier alpha value is -1.36. The van der Waals surface area contributed by atoms with Crippen molar-refractivity contribution in [3.05, 3.63) is 36.0 Å². The number of para-hydroxylation sites is 1. The van der Waals surface area contributed by atoms with Crippen LogP contribution in [-0.2, 0) is 0 Å². The van der Waals surface area contributed by atoms with Crippen LogP contribution < -0.4 is 16.6 Å². The van der Waals surface area contributed by atoms with E-state index < -0.39 is 0 Å². The molecule has 1 aliphatic heterocycles. The van der Waals surface area contributed by atoms with Gasteiger partial charge in [0.15, 0.2) is 0 Å². The van der Waals surface area contributed by atoms with Gasteiger partial charge in [0.25, 0.3) is 0 Å². The fourth-order valence-electron chi connectivity index (χ4n) is 3.81. The van der Waals surface area contributed by atoms with Crippen LogP contribution in [-0.4, -0.2) is 17.1 Å². The molecule has 0 spiro atoms. The highest BCUT2D eigenvalue weighted by Gasteiger charge is 2.42. The second-order valence-corrected chi connectivity index (χ2v) is 5.84. The molecule has 100 valence electrons. The molecule has 1 aromatic carbocycles. The summed E-state index contributed by atoms with van der Waals surface area (Å²) in [5, 5.41) is 1.32. The van der Waals surface area contributed by atoms with Crippen LogP contribution >= 0.6 is 0 Å². The molecule has 4 rings (SSSR count). The predicted octanol–water partition coefficient (Wildman–Crippen LogP) is 1.81. The largest absolute Gasteiger partial charge is 0.361 e. The van der Waals surface area contributed by atoms with Crippen molar-refractivity contribution in [2.24, 2.45) is 11.7 Å². The minimum atomic E-state index is 0.279. The van der Waals surface area contributed by atoms with Crippen molar-refractivity contribution >= 4 is 10.9 Å². The average Bonchev–Trinajstić information content (AvgIpc) is 3.02. The van der Waals surface area contributed by atoms with Crippen molar-refractivity contribution in [2.45, 2.75) is 37.4 Å². The molecular weight excluding hydrogens is 236 g/mol. The van der Waals surface area contributed by atoms with Crippen molar-refractivity contribution in [2.75, 3.05) is 0 Å². The van der Waals surface area contributed by atoms with Gasteiger partial charge in [0.2, 0.25) is 0 Å². The predicted molar refractivity (Wildman–Crippen MR) is 76.4 cm³/mol. The van der Waals surface area contributed by atoms with Crippen LogP contribution in [0.4, 0.5) is 0 Å². The topological polar surface area (TPSA) is 65.9 Å². The van der Waals surface area contributed by atoms with Crippen molar-refractivity contribution in [1.82, 2.24) is 15.8 Å². The zero-order valence-corrected chi connectivity index (χ0v) is 10.9. The van der Waals surface area contributed by atoms with Gasteiger partial charge in [0.1, 0.15) is 0 Å². The standard InChI is InChI=1S/C15H20N4/c16-12-6-3-5-10-14(18-19-15(10)12)11-8-17-13-7-2-1-4-9(11)13/h1-2,4,7-8,10,12,14-15,17-19H,3,5-6,16H2. The van der Waals surface area contributed by atoms with Crippen LogP contribution in [0.25, 0.3) is 10.9 Å². The molecule has 2 aromatic rings. The van der Waals surface area contributed by atoms with Crippen molar-refractivity contribution in [3.63, 3.8) is 0 Å². The van der Waals surface area contributed by atoms with Gasteiger partial charge in [-0.3, -0.25) is 5.43 Å². The molecule has 19 heavy (non-hydrogen) atoms. The van der Waals surface area contributed by atoms with Gasteiger partial charge in [-0.2, -0.15) is 0 Å². The number of aromatic amines is 1. The summed E-state index contributed by atoms with van der Waals surface area (Å²) in [6.45, 7) is 0. The maximum Gasteiger partial charge on any atom is 0.0527 e. The molecule has 5 N–H and O–H groups in total. The third kappa shape index (κ3) is 1.71. The number of fused-ring (bicyclic) bond motifs is 2. The molecule has 4 atom stereocenters. The summed E-state index contributed by atoms with van der Waals surface area (Å²) in [6, 6.07) is 9.56. The monoisotopic (exact) mass is 256 g/mol. The molecule has 1 saturated heterocycles. The Morgan fingerprint density at radius 1 is 1.11 bits per heavy atom. The van der Waals surface area contributed by atoms with E-state index >= 15 is 0 Å². The van der Waals surface area contributed by atoms with E-state index in [1.165, 1.54) is 29.3 Å². The fraction of sp³-hybridized carbons (Fsp3) is 0.467. The van der Waals surface area contributed by atoms with E-state index in [0.717, 1.165) is 6.42 Å². The summed E-state index contributed by atoms with van der Waals surface area (Å²) >= 11 is 0. The number of hydrogen-bond acceptors (Lipinski definition) is 3. The summed E-state index contributed by atoms with van der Waals surface area (Å²) in [7, 11) is 0. The minimum Gasteiger partial charge on any atom is -0.361 e. The molecule has 0 radical (unpaired) electrons. The zero-order valence-electron chi connectivity index (χ0n) is 10.9. The Bertz CT molecular complexity index is 591. The number of nitrogens with two attached hydrogens (primary N) is 1. The number of nitrogens with one attached hydrogen (secondary N) is 3. The molecule has 2 heterocycles. The van der Waals surface area contributed by atoms with E-state index in [9.17, 15) is 0 Å². The van der Waals surface area contributed by atoms with Crippen LogP contribution in [0.5, 0.6) is 0 Å². The first-order valence-electron chi connectivity index (χ1n) is 7.17. The third-order valence-corrected chi connectivity index (χ3v) is 4.79. The van der Waals surface area contributed by atoms with Crippen LogP contribution in [0.3, 0.4) is 0 Å². The summed E-state index contributed by atoms with van der Waals surface area (Å²) in [5.41, 5.74) is 15.7. The Morgan fingerprint density at radius 3 is 2.95 bits per heavy atom. The highest BCUT2D eigenvalue weighted by Crippen LogP contribution is 2.39. The van der Waals surface area contributed by atoms with Gasteiger partial charge in [-0.25, -0.2) is 5.43 Å². The molecule has 4 nitrogen and oxygen atoms in total. The summed E-state index contributed by atoms with van der Waals surface area (Å²) in [5.74, 6) is 0.600. The van der Waals surface area contributed by atoms with Crippen molar-refractivity contribution < 1.29 is 0 Å². The number of hydrogen-bond donors (Lipinski definition) is 4. The van der Waals surface area contributed by atoms with Crippen LogP contribution in [0.15, 0.2) is 30.5 Å². The molecule has 2 fully saturated rings. The van der Waals surface area contributed by atoms with Crippen molar-refractivity contribution in [1.29, 1.82) is 0 Å². The van der Waals surface area contributed by atoms with Gasteiger partial charge in [0, 0.05) is 29.2 Å². The second-order valence-electron chi connectivity index (χ2n) is 5.84. The van der Waals surface area contributed by atoms with E-state index in [2.05, 4.69) is 46.3 Å². The maximum atomic E-state index is 6.24. The quantitative estimate of drug-likeness (QED) is 0.629. The minimum absolute atomic E-state index is 0.279. The number of rotatable bonds is 1. The Morgan fingerprint density at radius 2 is 2.00 bits per heavy atom. The molecule has 2 aliphatic rings. The normalized spacial score (nSPS) is 34.6. The molecule has 1 saturated carbocycles. The lowest BCUT2D eigenvalue weighted by Crippen LogP contribution is -2.48. The van der Waals surface area contributed by atoms with Gasteiger partial charge in [0.05, 0.1) is 6.04 Å². The van der Waals surface area contributed by atoms with Gasteiger partial charge in [-0.15, -0.1) is 0 Å². The average molecular weight is 256 g/mol. The maximum absolute atomic E-state index is 6.24. The van der Waals surface area contributed by atoms with Crippen LogP contribution in [0, 0.1) is 5.92 Å². The van der Waals surface area contributed by atoms with E-state index in [-0.39, 0.29) is 6.04 Å². The van der Waals surface area contributed by atoms with Gasteiger partial charge < -0.3 is 10.7 Å². The molecular formula is C15H20N4. The Balaban J connectivity index is 1.73. The first-order valence-corrected chi connectivity index (χ1v) is 7.17. The second kappa shape index (κ2) is 4.34. The smallest absolute Gasteiger partial charge is 0.0527 e. The Labute approximate surface area is 112 Å². The third-order valence-electron chi connectivity index (χ3n) is 4.79. The number of aromatic nitrogens is 1. The summed E-state index contributed by atoms with van der Waals surface area (Å²) in [4.78, 5) is 3.37. The van der Waals surface area contributed by atoms with Gasteiger partial charge in [-0.1, -0.05) is 24.6 Å². The Kier molecular flexibility index (Phi) is 2.62. The number of benzene rings is 1. The lowest BCUT2D eigenvalue weighted by Gasteiger charge is -2.32. The fourth-order valence-corrected chi connectivity index (χ4v) is 3.81. The lowest BCUT2D eigenvalue weighted by atomic mass is 9.77. The lowest BCUT2D eigenvalue weighted by molar-refractivity contribution is 0.274. The van der Waals surface area contributed by atoms with Gasteiger partial charge >= 0.3 is 0 Å². The SMILES string of the molecule is NC1CCCC2C(c3c[nH]c4ccccc34)NNC12. The van der Waals surface area contributed by atoms with Crippen molar-refractivity contribution in [3.8, 4) is 0 Å². The first kappa shape index (κ1) is 11.5. The van der Waals surface area contributed by atoms with Crippen LogP contribution in [0.1, 0.15) is 30.9 Å². The molecule has 1 aromatic heterocycles. The zero-order chi connectivity index (χ0) is 12.8. The van der Waals surface area contributed by atoms with E-state index in [0.29, 0.717) is 18.0 Å². The highest BCUT2D eigenvalue weighted by molar-refractivity contribution is 5.83. The van der Waals surface area contributed by atoms with E-state index in [1.807, 2.05) is 0 Å². The number of H-pyrrole nitrogens is 1. The molecule has 4 heteroatoms. The molecule has 4 unspecified atom stereocenters. The first-order chi connectivity index (χ1) is 9.34. The van der Waals surface area contributed by atoms with Gasteiger partial charge in [-0.05, 0) is 30.4 Å². The summed E-state index contributed by atoms with van der Waals surface area (Å²) in [6.07, 6.45) is 5.77. The van der Waals surface area contributed by atoms with E-state index in [4.69, 9.17) is 5.73 Å². The highest BCUT2D eigenvalue weighted by atomic mass is 15.4. The van der Waals surface area contributed by atoms with E-state index in [1.54, 1.807) is 0 Å². The van der Waals surface area contributed by atoms with Crippen LogP contribution in [0.2, 0.25) is 0 Å². The molecule has 0 bridgehead atoms. The molecule has 1 aliphatic carbocycles. The summed E-state index contributed by atoms with van der Waals surface area (Å²) < 4.78 is 0. The molecule has 0 amide bonds. The number of hydrazine groups is 1.